The highest BCUT2D eigenvalue weighted by Crippen LogP contribution is 2.32. The van der Waals surface area contributed by atoms with Crippen LogP contribution in [0.5, 0.6) is 0 Å². The first-order valence-electron chi connectivity index (χ1n) is 9.35. The molecular formula is C19H23FN4O3. The summed E-state index contributed by atoms with van der Waals surface area (Å²) in [6.45, 7) is 3.44. The van der Waals surface area contributed by atoms with Crippen LogP contribution in [-0.2, 0) is 0 Å². The Labute approximate surface area is 156 Å². The molecule has 2 aliphatic heterocycles. The van der Waals surface area contributed by atoms with Gasteiger partial charge in [-0.15, -0.1) is 0 Å². The normalized spacial score (nSPS) is 20.9. The lowest BCUT2D eigenvalue weighted by molar-refractivity contribution is 0.0977. The zero-order valence-electron chi connectivity index (χ0n) is 15.0. The first-order valence-corrected chi connectivity index (χ1v) is 9.35. The minimum atomic E-state index is -0.811. The molecule has 7 nitrogen and oxygen atoms in total. The molecule has 1 aromatic carbocycles. The Morgan fingerprint density at radius 3 is 2.70 bits per heavy atom. The van der Waals surface area contributed by atoms with Crippen LogP contribution in [0.4, 0.5) is 14.9 Å². The van der Waals surface area contributed by atoms with Gasteiger partial charge in [0.2, 0.25) is 5.76 Å². The van der Waals surface area contributed by atoms with Crippen LogP contribution in [0.25, 0.3) is 11.0 Å². The van der Waals surface area contributed by atoms with E-state index in [1.807, 2.05) is 0 Å². The number of anilines is 1. The maximum absolute atomic E-state index is 13.6. The van der Waals surface area contributed by atoms with Crippen molar-refractivity contribution in [2.75, 3.05) is 31.5 Å². The Morgan fingerprint density at radius 1 is 1.19 bits per heavy atom. The number of primary amides is 1. The maximum Gasteiger partial charge on any atom is 0.322 e. The number of likely N-dealkylation sites (tertiary alicyclic amines) is 2. The van der Waals surface area contributed by atoms with E-state index in [4.69, 9.17) is 10.2 Å². The molecule has 0 saturated carbocycles. The first kappa shape index (κ1) is 17.8. The third-order valence-electron chi connectivity index (χ3n) is 5.46. The number of nitrogens with two attached hydrogens (primary N) is 1. The summed E-state index contributed by atoms with van der Waals surface area (Å²) in [4.78, 5) is 28.6. The van der Waals surface area contributed by atoms with E-state index in [0.29, 0.717) is 30.1 Å². The van der Waals surface area contributed by atoms with E-state index >= 15 is 0 Å². The molecule has 3 N–H and O–H groups in total. The van der Waals surface area contributed by atoms with E-state index in [0.717, 1.165) is 19.5 Å². The summed E-state index contributed by atoms with van der Waals surface area (Å²) in [5.41, 5.74) is 5.79. The fourth-order valence-electron chi connectivity index (χ4n) is 4.06. The third kappa shape index (κ3) is 3.49. The summed E-state index contributed by atoms with van der Waals surface area (Å²) in [5.74, 6) is -1.47. The average Bonchev–Trinajstić information content (AvgIpc) is 3.28. The van der Waals surface area contributed by atoms with Gasteiger partial charge in [0.15, 0.2) is 0 Å². The van der Waals surface area contributed by atoms with E-state index < -0.39 is 11.7 Å². The highest BCUT2D eigenvalue weighted by molar-refractivity contribution is 6.10. The molecule has 2 aromatic rings. The minimum absolute atomic E-state index is 0.128. The summed E-state index contributed by atoms with van der Waals surface area (Å²) in [6, 6.07) is 3.90. The van der Waals surface area contributed by atoms with Crippen molar-refractivity contribution >= 4 is 28.6 Å². The molecule has 144 valence electrons. The Bertz CT molecular complexity index is 875. The van der Waals surface area contributed by atoms with Gasteiger partial charge in [0, 0.05) is 24.5 Å². The molecule has 1 aromatic heterocycles. The van der Waals surface area contributed by atoms with Gasteiger partial charge < -0.3 is 20.4 Å². The molecule has 3 amide bonds. The second kappa shape index (κ2) is 7.19. The molecule has 0 bridgehead atoms. The van der Waals surface area contributed by atoms with Crippen LogP contribution in [0.3, 0.4) is 0 Å². The molecule has 27 heavy (non-hydrogen) atoms. The van der Waals surface area contributed by atoms with Crippen LogP contribution in [0.15, 0.2) is 22.6 Å². The van der Waals surface area contributed by atoms with E-state index in [1.54, 1.807) is 4.90 Å². The largest absolute Gasteiger partial charge is 0.449 e. The Morgan fingerprint density at radius 2 is 1.96 bits per heavy atom. The van der Waals surface area contributed by atoms with Gasteiger partial charge in [0.25, 0.3) is 5.91 Å². The number of benzene rings is 1. The van der Waals surface area contributed by atoms with Crippen LogP contribution < -0.4 is 11.1 Å². The summed E-state index contributed by atoms with van der Waals surface area (Å²) < 4.78 is 19.0. The zero-order valence-corrected chi connectivity index (χ0v) is 15.0. The Balaban J connectivity index is 1.52. The van der Waals surface area contributed by atoms with Gasteiger partial charge in [-0.05, 0) is 50.6 Å². The number of amides is 3. The maximum atomic E-state index is 13.6. The van der Waals surface area contributed by atoms with Crippen molar-refractivity contribution < 1.29 is 18.4 Å². The van der Waals surface area contributed by atoms with Crippen molar-refractivity contribution in [2.24, 2.45) is 5.73 Å². The number of piperidine rings is 1. The third-order valence-corrected chi connectivity index (χ3v) is 5.46. The predicted octanol–water partition coefficient (Wildman–Crippen LogP) is 2.76. The van der Waals surface area contributed by atoms with Crippen molar-refractivity contribution in [1.82, 2.24) is 9.80 Å². The fourth-order valence-corrected chi connectivity index (χ4v) is 4.06. The molecule has 0 radical (unpaired) electrons. The van der Waals surface area contributed by atoms with Gasteiger partial charge in [-0.3, -0.25) is 9.69 Å². The molecule has 8 heteroatoms. The molecule has 2 aliphatic rings. The van der Waals surface area contributed by atoms with E-state index in [9.17, 15) is 14.0 Å². The van der Waals surface area contributed by atoms with E-state index in [2.05, 4.69) is 10.2 Å². The number of urea groups is 1. The smallest absolute Gasteiger partial charge is 0.322 e. The number of carbonyl (C=O) groups excluding carboxylic acids is 2. The zero-order chi connectivity index (χ0) is 19.0. The highest BCUT2D eigenvalue weighted by atomic mass is 19.1. The van der Waals surface area contributed by atoms with Crippen LogP contribution in [0, 0.1) is 5.82 Å². The van der Waals surface area contributed by atoms with Crippen LogP contribution in [0.2, 0.25) is 0 Å². The topological polar surface area (TPSA) is 91.8 Å². The number of hydrogen-bond acceptors (Lipinski definition) is 4. The molecular weight excluding hydrogens is 351 g/mol. The van der Waals surface area contributed by atoms with Gasteiger partial charge in [-0.1, -0.05) is 6.42 Å². The number of nitrogens with zero attached hydrogens (tertiary/aromatic N) is 2. The second-order valence-corrected chi connectivity index (χ2v) is 7.23. The lowest BCUT2D eigenvalue weighted by atomic mass is 10.1. The van der Waals surface area contributed by atoms with E-state index in [-0.39, 0.29) is 17.5 Å². The summed E-state index contributed by atoms with van der Waals surface area (Å²) >= 11 is 0. The number of hydrogen-bond donors (Lipinski definition) is 2. The Kier molecular flexibility index (Phi) is 4.73. The highest BCUT2D eigenvalue weighted by Gasteiger charge is 2.32. The molecule has 0 spiro atoms. The number of halogens is 1. The fraction of sp³-hybridized carbons (Fsp3) is 0.474. The molecule has 1 atom stereocenters. The predicted molar refractivity (Wildman–Crippen MR) is 99.1 cm³/mol. The van der Waals surface area contributed by atoms with Crippen LogP contribution >= 0.6 is 0 Å². The SMILES string of the molecule is NC(=O)c1oc2ccc(F)cc2c1NC(=O)N1CC[C@@H](N2CCCCC2)C1. The molecule has 2 saturated heterocycles. The number of fused-ring (bicyclic) bond motifs is 1. The summed E-state index contributed by atoms with van der Waals surface area (Å²) in [7, 11) is 0. The number of furan rings is 1. The van der Waals surface area contributed by atoms with Crippen molar-refractivity contribution in [3.05, 3.63) is 29.8 Å². The van der Waals surface area contributed by atoms with Crippen LogP contribution in [0.1, 0.15) is 36.2 Å². The van der Waals surface area contributed by atoms with Gasteiger partial charge in [-0.2, -0.15) is 0 Å². The molecule has 2 fully saturated rings. The summed E-state index contributed by atoms with van der Waals surface area (Å²) in [5, 5.41) is 3.04. The van der Waals surface area contributed by atoms with E-state index in [1.165, 1.54) is 37.5 Å². The monoisotopic (exact) mass is 374 g/mol. The average molecular weight is 374 g/mol. The van der Waals surface area contributed by atoms with Gasteiger partial charge in [-0.25, -0.2) is 9.18 Å². The quantitative estimate of drug-likeness (QED) is 0.864. The molecule has 0 aliphatic carbocycles. The van der Waals surface area contributed by atoms with Crippen molar-refractivity contribution in [2.45, 2.75) is 31.7 Å². The van der Waals surface area contributed by atoms with Crippen molar-refractivity contribution in [1.29, 1.82) is 0 Å². The number of nitrogens with one attached hydrogen (secondary N) is 1. The first-order chi connectivity index (χ1) is 13.0. The van der Waals surface area contributed by atoms with Crippen molar-refractivity contribution in [3.63, 3.8) is 0 Å². The minimum Gasteiger partial charge on any atom is -0.449 e. The molecule has 0 unspecified atom stereocenters. The van der Waals surface area contributed by atoms with Gasteiger partial charge in [0.1, 0.15) is 17.1 Å². The summed E-state index contributed by atoms with van der Waals surface area (Å²) in [6.07, 6.45) is 4.61. The standard InChI is InChI=1S/C19H23FN4O3/c20-12-4-5-15-14(10-12)16(17(27-15)18(21)25)22-19(26)24-9-6-13(11-24)23-7-2-1-3-8-23/h4-5,10,13H,1-3,6-9,11H2,(H2,21,25)(H,22,26)/t13-/m1/s1. The number of rotatable bonds is 3. The van der Waals surface area contributed by atoms with Gasteiger partial charge in [0.05, 0.1) is 0 Å². The lowest BCUT2D eigenvalue weighted by Gasteiger charge is -2.32. The van der Waals surface area contributed by atoms with Gasteiger partial charge >= 0.3 is 6.03 Å². The van der Waals surface area contributed by atoms with Crippen LogP contribution in [-0.4, -0.2) is 54.0 Å². The lowest BCUT2D eigenvalue weighted by Crippen LogP contribution is -2.42. The molecule has 3 heterocycles. The van der Waals surface area contributed by atoms with Crippen molar-refractivity contribution in [3.8, 4) is 0 Å². The Hall–Kier alpha value is -2.61. The second-order valence-electron chi connectivity index (χ2n) is 7.23. The number of carbonyl (C=O) groups is 2. The molecule has 4 rings (SSSR count).